The molecule has 0 unspecified atom stereocenters. The molecule has 140 valence electrons. The van der Waals surface area contributed by atoms with Crippen molar-refractivity contribution >= 4 is 40.5 Å². The van der Waals surface area contributed by atoms with Crippen LogP contribution in [0.15, 0.2) is 39.5 Å². The summed E-state index contributed by atoms with van der Waals surface area (Å²) in [6.07, 6.45) is 0.269. The van der Waals surface area contributed by atoms with E-state index in [1.54, 1.807) is 12.1 Å². The average Bonchev–Trinajstić information content (AvgIpc) is 3.32. The van der Waals surface area contributed by atoms with Crippen molar-refractivity contribution in [3.05, 3.63) is 51.5 Å². The highest BCUT2D eigenvalue weighted by molar-refractivity contribution is 7.08. The van der Waals surface area contributed by atoms with Crippen molar-refractivity contribution in [3.63, 3.8) is 0 Å². The number of esters is 1. The molecule has 3 aromatic rings. The van der Waals surface area contributed by atoms with Gasteiger partial charge in [0.1, 0.15) is 0 Å². The molecule has 0 aliphatic rings. The molecule has 0 saturated carbocycles. The zero-order valence-corrected chi connectivity index (χ0v) is 16.0. The number of carbonyl (C=O) groups is 2. The van der Waals surface area contributed by atoms with Gasteiger partial charge >= 0.3 is 5.97 Å². The number of aromatic nitrogens is 2. The number of nitrogens with zero attached hydrogens (tertiary/aromatic N) is 2. The molecule has 9 heteroatoms. The van der Waals surface area contributed by atoms with Crippen LogP contribution in [0, 0.1) is 6.92 Å². The molecule has 1 N–H and O–H groups in total. The lowest BCUT2D eigenvalue weighted by atomic mass is 10.2. The van der Waals surface area contributed by atoms with E-state index >= 15 is 0 Å². The Morgan fingerprint density at radius 2 is 2.19 bits per heavy atom. The number of thiophene rings is 1. The molecule has 27 heavy (non-hydrogen) atoms. The van der Waals surface area contributed by atoms with E-state index < -0.39 is 18.5 Å². The van der Waals surface area contributed by atoms with Gasteiger partial charge in [-0.3, -0.25) is 9.59 Å². The molecule has 0 fully saturated rings. The van der Waals surface area contributed by atoms with Gasteiger partial charge in [-0.15, -0.1) is 0 Å². The van der Waals surface area contributed by atoms with Crippen molar-refractivity contribution in [2.45, 2.75) is 19.8 Å². The maximum Gasteiger partial charge on any atom is 0.306 e. The summed E-state index contributed by atoms with van der Waals surface area (Å²) < 4.78 is 10.1. The number of anilines is 1. The first-order valence-corrected chi connectivity index (χ1v) is 9.40. The van der Waals surface area contributed by atoms with Gasteiger partial charge in [0, 0.05) is 17.4 Å². The van der Waals surface area contributed by atoms with Crippen molar-refractivity contribution < 1.29 is 18.8 Å². The minimum absolute atomic E-state index is 0.0316. The highest BCUT2D eigenvalue weighted by atomic mass is 35.5. The van der Waals surface area contributed by atoms with Gasteiger partial charge in [-0.1, -0.05) is 22.8 Å². The van der Waals surface area contributed by atoms with E-state index in [0.29, 0.717) is 22.4 Å². The van der Waals surface area contributed by atoms with Crippen LogP contribution >= 0.6 is 22.9 Å². The van der Waals surface area contributed by atoms with E-state index in [-0.39, 0.29) is 12.8 Å². The molecular formula is C18H16ClN3O4S. The number of halogens is 1. The number of benzene rings is 1. The minimum atomic E-state index is -0.532. The van der Waals surface area contributed by atoms with E-state index in [9.17, 15) is 9.59 Å². The number of rotatable bonds is 7. The summed E-state index contributed by atoms with van der Waals surface area (Å²) in [4.78, 5) is 27.9. The molecule has 0 atom stereocenters. The predicted molar refractivity (Wildman–Crippen MR) is 102 cm³/mol. The molecule has 0 spiro atoms. The molecule has 0 aliphatic carbocycles. The molecule has 0 saturated heterocycles. The molecule has 0 bridgehead atoms. The van der Waals surface area contributed by atoms with E-state index in [0.717, 1.165) is 11.1 Å². The summed E-state index contributed by atoms with van der Waals surface area (Å²) in [7, 11) is 0. The van der Waals surface area contributed by atoms with Gasteiger partial charge in [0.05, 0.1) is 17.1 Å². The molecule has 7 nitrogen and oxygen atoms in total. The van der Waals surface area contributed by atoms with Crippen LogP contribution in [-0.2, 0) is 20.7 Å². The van der Waals surface area contributed by atoms with Gasteiger partial charge < -0.3 is 14.6 Å². The Bertz CT molecular complexity index is 940. The lowest BCUT2D eigenvalue weighted by molar-refractivity contribution is -0.147. The van der Waals surface area contributed by atoms with E-state index in [4.69, 9.17) is 20.9 Å². The topological polar surface area (TPSA) is 94.3 Å². The first kappa shape index (κ1) is 19.1. The van der Waals surface area contributed by atoms with E-state index in [1.165, 1.54) is 11.3 Å². The largest absolute Gasteiger partial charge is 0.456 e. The van der Waals surface area contributed by atoms with Crippen LogP contribution < -0.4 is 5.32 Å². The summed E-state index contributed by atoms with van der Waals surface area (Å²) in [5.41, 5.74) is 2.31. The van der Waals surface area contributed by atoms with Crippen LogP contribution in [0.2, 0.25) is 5.02 Å². The summed E-state index contributed by atoms with van der Waals surface area (Å²) in [5.74, 6) is -0.180. The minimum Gasteiger partial charge on any atom is -0.456 e. The summed E-state index contributed by atoms with van der Waals surface area (Å²) in [6.45, 7) is 1.50. The maximum absolute atomic E-state index is 11.9. The second-order valence-electron chi connectivity index (χ2n) is 5.72. The average molecular weight is 406 g/mol. The van der Waals surface area contributed by atoms with Gasteiger partial charge in [-0.25, -0.2) is 0 Å². The zero-order valence-electron chi connectivity index (χ0n) is 14.4. The van der Waals surface area contributed by atoms with Crippen molar-refractivity contribution in [1.29, 1.82) is 0 Å². The van der Waals surface area contributed by atoms with Crippen LogP contribution in [0.4, 0.5) is 5.69 Å². The number of amides is 1. The highest BCUT2D eigenvalue weighted by Crippen LogP contribution is 2.22. The highest BCUT2D eigenvalue weighted by Gasteiger charge is 2.13. The van der Waals surface area contributed by atoms with Crippen LogP contribution in [0.1, 0.15) is 17.9 Å². The SMILES string of the molecule is Cc1ccc(NC(=O)COC(=O)CCc2nc(-c3ccsc3)no2)c(Cl)c1. The predicted octanol–water partition coefficient (Wildman–Crippen LogP) is 3.87. The van der Waals surface area contributed by atoms with Gasteiger partial charge in [-0.2, -0.15) is 16.3 Å². The Labute approximate surface area is 164 Å². The Balaban J connectivity index is 1.42. The number of carbonyl (C=O) groups excluding carboxylic acids is 2. The van der Waals surface area contributed by atoms with Gasteiger partial charge in [0.2, 0.25) is 11.7 Å². The molecule has 1 aromatic carbocycles. The van der Waals surface area contributed by atoms with E-state index in [1.807, 2.05) is 29.8 Å². The Hall–Kier alpha value is -2.71. The first-order valence-electron chi connectivity index (χ1n) is 8.08. The third-order valence-corrected chi connectivity index (χ3v) is 4.55. The summed E-state index contributed by atoms with van der Waals surface area (Å²) >= 11 is 7.58. The second-order valence-corrected chi connectivity index (χ2v) is 6.90. The molecule has 0 aliphatic heterocycles. The quantitative estimate of drug-likeness (QED) is 0.599. The first-order chi connectivity index (χ1) is 13.0. The lowest BCUT2D eigenvalue weighted by Gasteiger charge is -2.08. The van der Waals surface area contributed by atoms with Crippen molar-refractivity contribution in [3.8, 4) is 11.4 Å². The smallest absolute Gasteiger partial charge is 0.306 e. The molecule has 2 heterocycles. The molecule has 1 amide bonds. The fourth-order valence-electron chi connectivity index (χ4n) is 2.20. The number of ether oxygens (including phenoxy) is 1. The van der Waals surface area contributed by atoms with Gasteiger partial charge in [-0.05, 0) is 36.1 Å². The number of hydrogen-bond donors (Lipinski definition) is 1. The fourth-order valence-corrected chi connectivity index (χ4v) is 3.12. The van der Waals surface area contributed by atoms with Crippen molar-refractivity contribution in [1.82, 2.24) is 10.1 Å². The Morgan fingerprint density at radius 3 is 2.93 bits per heavy atom. The Morgan fingerprint density at radius 1 is 1.33 bits per heavy atom. The van der Waals surface area contributed by atoms with E-state index in [2.05, 4.69) is 15.5 Å². The maximum atomic E-state index is 11.9. The monoisotopic (exact) mass is 405 g/mol. The number of hydrogen-bond acceptors (Lipinski definition) is 7. The Kier molecular flexibility index (Phi) is 6.20. The third-order valence-electron chi connectivity index (χ3n) is 3.55. The standard InChI is InChI=1S/C18H16ClN3O4S/c1-11-2-3-14(13(19)8-11)20-15(23)9-25-17(24)5-4-16-21-18(22-26-16)12-6-7-27-10-12/h2-3,6-8,10H,4-5,9H2,1H3,(H,20,23). The summed E-state index contributed by atoms with van der Waals surface area (Å²) in [5, 5.41) is 10.7. The molecule has 0 radical (unpaired) electrons. The fraction of sp³-hybridized carbons (Fsp3) is 0.222. The van der Waals surface area contributed by atoms with Crippen LogP contribution in [0.3, 0.4) is 0 Å². The molecule has 3 rings (SSSR count). The van der Waals surface area contributed by atoms with Crippen LogP contribution in [-0.4, -0.2) is 28.6 Å². The van der Waals surface area contributed by atoms with Crippen LogP contribution in [0.25, 0.3) is 11.4 Å². The number of aryl methyl sites for hydroxylation is 2. The summed E-state index contributed by atoms with van der Waals surface area (Å²) in [6, 6.07) is 7.13. The molecule has 2 aromatic heterocycles. The van der Waals surface area contributed by atoms with Gasteiger partial charge in [0.15, 0.2) is 6.61 Å². The zero-order chi connectivity index (χ0) is 19.2. The van der Waals surface area contributed by atoms with Gasteiger partial charge in [0.25, 0.3) is 5.91 Å². The van der Waals surface area contributed by atoms with Crippen molar-refractivity contribution in [2.75, 3.05) is 11.9 Å². The molecular weight excluding hydrogens is 390 g/mol. The number of nitrogens with one attached hydrogen (secondary N) is 1. The normalized spacial score (nSPS) is 10.6. The van der Waals surface area contributed by atoms with Crippen LogP contribution in [0.5, 0.6) is 0 Å². The lowest BCUT2D eigenvalue weighted by Crippen LogP contribution is -2.21. The van der Waals surface area contributed by atoms with Crippen molar-refractivity contribution in [2.24, 2.45) is 0 Å². The second kappa shape index (κ2) is 8.79. The third kappa shape index (κ3) is 5.38.